The van der Waals surface area contributed by atoms with Gasteiger partial charge in [-0.25, -0.2) is 0 Å². The lowest BCUT2D eigenvalue weighted by molar-refractivity contribution is -0.0372. The summed E-state index contributed by atoms with van der Waals surface area (Å²) in [7, 11) is 0. The summed E-state index contributed by atoms with van der Waals surface area (Å²) in [5, 5.41) is 22.0. The molecule has 1 saturated heterocycles. The molecule has 11 heavy (non-hydrogen) atoms. The zero-order valence-electron chi connectivity index (χ0n) is 6.53. The van der Waals surface area contributed by atoms with Gasteiger partial charge in [-0.1, -0.05) is 0 Å². The van der Waals surface area contributed by atoms with Crippen molar-refractivity contribution in [1.82, 2.24) is 5.32 Å². The molecule has 1 heterocycles. The van der Waals surface area contributed by atoms with Crippen molar-refractivity contribution in [3.05, 3.63) is 0 Å². The van der Waals surface area contributed by atoms with Crippen LogP contribution >= 0.6 is 0 Å². The number of aliphatic hydroxyl groups is 2. The summed E-state index contributed by atoms with van der Waals surface area (Å²) >= 11 is 0. The molecule has 0 unspecified atom stereocenters. The Kier molecular flexibility index (Phi) is 1.87. The highest BCUT2D eigenvalue weighted by atomic mass is 16.3. The highest BCUT2D eigenvalue weighted by Crippen LogP contribution is 2.32. The van der Waals surface area contributed by atoms with E-state index in [1.165, 1.54) is 0 Å². The van der Waals surface area contributed by atoms with E-state index >= 15 is 0 Å². The average Bonchev–Trinajstić information content (AvgIpc) is 2.36. The van der Waals surface area contributed by atoms with Gasteiger partial charge in [0.05, 0.1) is 12.2 Å². The lowest BCUT2D eigenvalue weighted by atomic mass is 9.79. The molecule has 0 radical (unpaired) electrons. The van der Waals surface area contributed by atoms with Crippen LogP contribution in [0, 0.1) is 11.8 Å². The van der Waals surface area contributed by atoms with E-state index in [9.17, 15) is 10.2 Å². The predicted molar refractivity (Wildman–Crippen MR) is 41.1 cm³/mol. The highest BCUT2D eigenvalue weighted by molar-refractivity contribution is 4.91. The largest absolute Gasteiger partial charge is 0.390 e. The third-order valence-corrected chi connectivity index (χ3v) is 3.01. The fourth-order valence-electron chi connectivity index (χ4n) is 2.27. The minimum Gasteiger partial charge on any atom is -0.390 e. The molecule has 4 atom stereocenters. The molecular weight excluding hydrogens is 142 g/mol. The Balaban J connectivity index is 2.00. The summed E-state index contributed by atoms with van der Waals surface area (Å²) in [4.78, 5) is 0. The van der Waals surface area contributed by atoms with Crippen molar-refractivity contribution in [2.75, 3.05) is 13.1 Å². The van der Waals surface area contributed by atoms with E-state index in [1.54, 1.807) is 0 Å². The fourth-order valence-corrected chi connectivity index (χ4v) is 2.27. The van der Waals surface area contributed by atoms with Crippen molar-refractivity contribution in [3.8, 4) is 0 Å². The van der Waals surface area contributed by atoms with Gasteiger partial charge in [0, 0.05) is 0 Å². The SMILES string of the molecule is O[C@@H]1C[C@H]2CNC[C@H]2C[C@H]1O. The van der Waals surface area contributed by atoms with Gasteiger partial charge >= 0.3 is 0 Å². The van der Waals surface area contributed by atoms with Crippen LogP contribution in [0.4, 0.5) is 0 Å². The van der Waals surface area contributed by atoms with Crippen LogP contribution in [0.25, 0.3) is 0 Å². The first kappa shape index (κ1) is 7.53. The molecule has 0 aromatic carbocycles. The molecule has 0 aromatic heterocycles. The minimum atomic E-state index is -0.476. The molecule has 0 bridgehead atoms. The van der Waals surface area contributed by atoms with Crippen molar-refractivity contribution < 1.29 is 10.2 Å². The Hall–Kier alpha value is -0.120. The van der Waals surface area contributed by atoms with Crippen molar-refractivity contribution in [1.29, 1.82) is 0 Å². The molecule has 0 amide bonds. The van der Waals surface area contributed by atoms with Crippen LogP contribution in [0.1, 0.15) is 12.8 Å². The maximum Gasteiger partial charge on any atom is 0.0802 e. The van der Waals surface area contributed by atoms with Gasteiger partial charge in [-0.05, 0) is 37.8 Å². The van der Waals surface area contributed by atoms with E-state index in [1.807, 2.05) is 0 Å². The molecule has 1 saturated carbocycles. The second-order valence-corrected chi connectivity index (χ2v) is 3.78. The Morgan fingerprint density at radius 2 is 1.36 bits per heavy atom. The van der Waals surface area contributed by atoms with Gasteiger partial charge in [-0.3, -0.25) is 0 Å². The van der Waals surface area contributed by atoms with E-state index in [0.29, 0.717) is 11.8 Å². The van der Waals surface area contributed by atoms with Crippen LogP contribution in [-0.2, 0) is 0 Å². The van der Waals surface area contributed by atoms with Gasteiger partial charge in [0.2, 0.25) is 0 Å². The Morgan fingerprint density at radius 3 is 1.82 bits per heavy atom. The normalized spacial score (nSPS) is 50.7. The summed E-state index contributed by atoms with van der Waals surface area (Å²) in [6, 6.07) is 0. The third kappa shape index (κ3) is 1.28. The first-order valence-electron chi connectivity index (χ1n) is 4.34. The number of rotatable bonds is 0. The lowest BCUT2D eigenvalue weighted by Gasteiger charge is -2.32. The van der Waals surface area contributed by atoms with Crippen LogP contribution in [0.3, 0.4) is 0 Å². The van der Waals surface area contributed by atoms with E-state index < -0.39 is 12.2 Å². The van der Waals surface area contributed by atoms with E-state index in [0.717, 1.165) is 25.9 Å². The highest BCUT2D eigenvalue weighted by Gasteiger charge is 2.37. The molecule has 0 spiro atoms. The predicted octanol–water partition coefficient (Wildman–Crippen LogP) is -0.662. The molecule has 1 aliphatic heterocycles. The van der Waals surface area contributed by atoms with Crippen molar-refractivity contribution in [2.45, 2.75) is 25.0 Å². The number of fused-ring (bicyclic) bond motifs is 1. The maximum atomic E-state index is 9.35. The van der Waals surface area contributed by atoms with Crippen molar-refractivity contribution >= 4 is 0 Å². The van der Waals surface area contributed by atoms with Crippen molar-refractivity contribution in [2.24, 2.45) is 11.8 Å². The zero-order chi connectivity index (χ0) is 7.84. The third-order valence-electron chi connectivity index (χ3n) is 3.01. The molecule has 3 N–H and O–H groups in total. The Labute approximate surface area is 66.4 Å². The summed E-state index contributed by atoms with van der Waals surface area (Å²) in [5.74, 6) is 1.21. The Morgan fingerprint density at radius 1 is 0.909 bits per heavy atom. The molecule has 64 valence electrons. The number of hydrogen-bond acceptors (Lipinski definition) is 3. The summed E-state index contributed by atoms with van der Waals surface area (Å²) in [6.45, 7) is 2.04. The first-order valence-corrected chi connectivity index (χ1v) is 4.34. The molecular formula is C8H15NO2. The maximum absolute atomic E-state index is 9.35. The smallest absolute Gasteiger partial charge is 0.0802 e. The van der Waals surface area contributed by atoms with Gasteiger partial charge in [-0.2, -0.15) is 0 Å². The van der Waals surface area contributed by atoms with Crippen LogP contribution in [0.15, 0.2) is 0 Å². The number of nitrogens with one attached hydrogen (secondary N) is 1. The fraction of sp³-hybridized carbons (Fsp3) is 1.00. The molecule has 3 heteroatoms. The molecule has 2 aliphatic rings. The molecule has 2 rings (SSSR count). The standard InChI is InChI=1S/C8H15NO2/c10-7-1-5-3-9-4-6(5)2-8(7)11/h5-11H,1-4H2/t5-,6+,7-,8-/m1/s1. The Bertz CT molecular complexity index is 135. The number of hydrogen-bond donors (Lipinski definition) is 3. The summed E-state index contributed by atoms with van der Waals surface area (Å²) in [5.41, 5.74) is 0. The zero-order valence-corrected chi connectivity index (χ0v) is 6.53. The van der Waals surface area contributed by atoms with Crippen molar-refractivity contribution in [3.63, 3.8) is 0 Å². The molecule has 3 nitrogen and oxygen atoms in total. The van der Waals surface area contributed by atoms with Gasteiger partial charge in [0.25, 0.3) is 0 Å². The van der Waals surface area contributed by atoms with Crippen LogP contribution in [-0.4, -0.2) is 35.5 Å². The van der Waals surface area contributed by atoms with Crippen LogP contribution in [0.5, 0.6) is 0 Å². The van der Waals surface area contributed by atoms with Crippen LogP contribution < -0.4 is 5.32 Å². The van der Waals surface area contributed by atoms with Gasteiger partial charge in [0.1, 0.15) is 0 Å². The molecule has 2 fully saturated rings. The summed E-state index contributed by atoms with van der Waals surface area (Å²) < 4.78 is 0. The van der Waals surface area contributed by atoms with Gasteiger partial charge < -0.3 is 15.5 Å². The molecule has 0 aromatic rings. The average molecular weight is 157 g/mol. The molecule has 1 aliphatic carbocycles. The second-order valence-electron chi connectivity index (χ2n) is 3.78. The topological polar surface area (TPSA) is 52.5 Å². The number of aliphatic hydroxyl groups excluding tert-OH is 2. The monoisotopic (exact) mass is 157 g/mol. The lowest BCUT2D eigenvalue weighted by Crippen LogP contribution is -2.38. The van der Waals surface area contributed by atoms with Gasteiger partial charge in [-0.15, -0.1) is 0 Å². The minimum absolute atomic E-state index is 0.476. The van der Waals surface area contributed by atoms with E-state index in [2.05, 4.69) is 5.32 Å². The van der Waals surface area contributed by atoms with E-state index in [4.69, 9.17) is 0 Å². The van der Waals surface area contributed by atoms with Crippen LogP contribution in [0.2, 0.25) is 0 Å². The second kappa shape index (κ2) is 2.73. The quantitative estimate of drug-likeness (QED) is 0.437. The summed E-state index contributed by atoms with van der Waals surface area (Å²) in [6.07, 6.45) is 0.602. The first-order chi connectivity index (χ1) is 5.27. The van der Waals surface area contributed by atoms with Gasteiger partial charge in [0.15, 0.2) is 0 Å². The van der Waals surface area contributed by atoms with E-state index in [-0.39, 0.29) is 0 Å².